The van der Waals surface area contributed by atoms with Crippen molar-refractivity contribution in [1.29, 1.82) is 0 Å². The molecule has 5 nitrogen and oxygen atoms in total. The van der Waals surface area contributed by atoms with Crippen LogP contribution in [0.2, 0.25) is 0 Å². The molecule has 0 spiro atoms. The lowest BCUT2D eigenvalue weighted by molar-refractivity contribution is -0.115. The zero-order valence-corrected chi connectivity index (χ0v) is 18.8. The summed E-state index contributed by atoms with van der Waals surface area (Å²) in [7, 11) is 1.62. The molecular weight excluding hydrogens is 508 g/mol. The van der Waals surface area contributed by atoms with Crippen molar-refractivity contribution in [1.82, 2.24) is 10.2 Å². The zero-order chi connectivity index (χ0) is 20.8. The average molecular weight is 532 g/mol. The number of carbonyl (C=O) groups is 1. The van der Waals surface area contributed by atoms with Crippen molar-refractivity contribution in [2.45, 2.75) is 12.8 Å². The lowest BCUT2D eigenvalue weighted by atomic mass is 9.99. The highest BCUT2D eigenvalue weighted by molar-refractivity contribution is 14.0. The van der Waals surface area contributed by atoms with Crippen LogP contribution in [0.5, 0.6) is 0 Å². The number of nitrogens with one attached hydrogen (secondary N) is 2. The molecule has 1 amide bonds. The van der Waals surface area contributed by atoms with E-state index in [1.807, 2.05) is 18.2 Å². The number of hydrogen-bond donors (Lipinski definition) is 2. The Balaban J connectivity index is 0.00000320. The van der Waals surface area contributed by atoms with Gasteiger partial charge in [0, 0.05) is 20.1 Å². The van der Waals surface area contributed by atoms with Crippen molar-refractivity contribution < 1.29 is 18.0 Å². The first-order valence-corrected chi connectivity index (χ1v) is 9.40. The predicted molar refractivity (Wildman–Crippen MR) is 122 cm³/mol. The number of likely N-dealkylation sites (tertiary alicyclic amines) is 1. The molecule has 0 aliphatic carbocycles. The predicted octanol–water partition coefficient (Wildman–Crippen LogP) is 3.80. The molecule has 1 aliphatic heterocycles. The summed E-state index contributed by atoms with van der Waals surface area (Å²) in [4.78, 5) is 18.3. The molecule has 2 aromatic rings. The molecule has 3 rings (SSSR count). The average Bonchev–Trinajstić information content (AvgIpc) is 3.18. The van der Waals surface area contributed by atoms with E-state index in [1.165, 1.54) is 5.56 Å². The maximum Gasteiger partial charge on any atom is 0.243 e. The minimum atomic E-state index is -1.62. The van der Waals surface area contributed by atoms with E-state index in [4.69, 9.17) is 0 Å². The number of aliphatic imine (C=N–C) groups is 1. The van der Waals surface area contributed by atoms with Crippen LogP contribution in [0, 0.1) is 23.4 Å². The number of nitrogens with zero attached hydrogens (tertiary/aromatic N) is 2. The molecule has 30 heavy (non-hydrogen) atoms. The third-order valence-corrected chi connectivity index (χ3v) is 4.88. The number of carbonyl (C=O) groups excluding carboxylic acids is 1. The first kappa shape index (κ1) is 24.0. The number of hydrogen-bond acceptors (Lipinski definition) is 2. The van der Waals surface area contributed by atoms with E-state index in [-0.39, 0.29) is 30.5 Å². The second kappa shape index (κ2) is 11.2. The molecule has 0 saturated carbocycles. The summed E-state index contributed by atoms with van der Waals surface area (Å²) < 4.78 is 39.9. The van der Waals surface area contributed by atoms with Gasteiger partial charge in [-0.3, -0.25) is 9.79 Å². The zero-order valence-electron chi connectivity index (χ0n) is 16.5. The summed E-state index contributed by atoms with van der Waals surface area (Å²) in [5, 5.41) is 5.17. The smallest absolute Gasteiger partial charge is 0.243 e. The van der Waals surface area contributed by atoms with Crippen LogP contribution < -0.4 is 10.6 Å². The van der Waals surface area contributed by atoms with Crippen molar-refractivity contribution in [2.24, 2.45) is 10.9 Å². The molecule has 162 valence electrons. The molecule has 0 radical (unpaired) electrons. The van der Waals surface area contributed by atoms with Gasteiger partial charge in [-0.2, -0.15) is 0 Å². The monoisotopic (exact) mass is 532 g/mol. The van der Waals surface area contributed by atoms with Crippen LogP contribution in [-0.4, -0.2) is 43.4 Å². The van der Waals surface area contributed by atoms with Crippen molar-refractivity contribution in [3.63, 3.8) is 0 Å². The van der Waals surface area contributed by atoms with Crippen LogP contribution in [0.3, 0.4) is 0 Å². The molecular formula is C21H24F3IN4O. The summed E-state index contributed by atoms with van der Waals surface area (Å²) in [6.45, 7) is 1.45. The van der Waals surface area contributed by atoms with Gasteiger partial charge in [-0.15, -0.1) is 24.0 Å². The van der Waals surface area contributed by atoms with Gasteiger partial charge in [0.05, 0.1) is 12.2 Å². The molecule has 1 saturated heterocycles. The van der Waals surface area contributed by atoms with Crippen LogP contribution in [0.15, 0.2) is 47.5 Å². The Bertz CT molecular complexity index is 895. The maximum atomic E-state index is 13.7. The molecule has 1 aliphatic rings. The molecule has 0 aromatic heterocycles. The van der Waals surface area contributed by atoms with Gasteiger partial charge in [0.1, 0.15) is 0 Å². The fraction of sp³-hybridized carbons (Fsp3) is 0.333. The quantitative estimate of drug-likeness (QED) is 0.267. The van der Waals surface area contributed by atoms with Gasteiger partial charge >= 0.3 is 0 Å². The molecule has 1 unspecified atom stereocenters. The maximum absolute atomic E-state index is 13.7. The number of rotatable bonds is 5. The third kappa shape index (κ3) is 6.10. The molecule has 1 atom stereocenters. The van der Waals surface area contributed by atoms with E-state index >= 15 is 0 Å². The third-order valence-electron chi connectivity index (χ3n) is 4.88. The summed E-state index contributed by atoms with van der Waals surface area (Å²) in [6, 6.07) is 12.0. The van der Waals surface area contributed by atoms with Crippen molar-refractivity contribution in [3.8, 4) is 0 Å². The molecule has 0 bridgehead atoms. The Labute approximate surface area is 190 Å². The van der Waals surface area contributed by atoms with Gasteiger partial charge < -0.3 is 15.5 Å². The summed E-state index contributed by atoms with van der Waals surface area (Å²) in [5.74, 6) is -3.88. The molecule has 1 heterocycles. The minimum Gasteiger partial charge on any atom is -0.347 e. The second-order valence-corrected chi connectivity index (χ2v) is 6.96. The number of amides is 1. The van der Waals surface area contributed by atoms with E-state index < -0.39 is 29.0 Å². The van der Waals surface area contributed by atoms with E-state index in [9.17, 15) is 18.0 Å². The lowest BCUT2D eigenvalue weighted by Crippen LogP contribution is -2.43. The normalized spacial score (nSPS) is 16.2. The van der Waals surface area contributed by atoms with Gasteiger partial charge in [-0.05, 0) is 36.5 Å². The van der Waals surface area contributed by atoms with E-state index in [1.54, 1.807) is 7.05 Å². The van der Waals surface area contributed by atoms with Crippen molar-refractivity contribution >= 4 is 41.5 Å². The fourth-order valence-corrected chi connectivity index (χ4v) is 3.45. The molecule has 9 heteroatoms. The summed E-state index contributed by atoms with van der Waals surface area (Å²) in [6.07, 6.45) is 1.99. The highest BCUT2D eigenvalue weighted by Crippen LogP contribution is 2.21. The Morgan fingerprint density at radius 2 is 1.87 bits per heavy atom. The minimum absolute atomic E-state index is 0. The standard InChI is InChI=1S/C21H23F3N4O.HI/c1-25-21(28-10-9-15(13-28)11-14-5-3-2-4-6-14)26-12-18(29)27-17-8-7-16(22)19(23)20(17)24;/h2-8,15H,9-13H2,1H3,(H,25,26)(H,27,29);1H. The molecule has 2 N–H and O–H groups in total. The Morgan fingerprint density at radius 3 is 2.57 bits per heavy atom. The second-order valence-electron chi connectivity index (χ2n) is 6.96. The molecule has 1 fully saturated rings. The molecule has 2 aromatic carbocycles. The van der Waals surface area contributed by atoms with Gasteiger partial charge in [-0.1, -0.05) is 30.3 Å². The number of guanidine groups is 1. The SMILES string of the molecule is CN=C(NCC(=O)Nc1ccc(F)c(F)c1F)N1CCC(Cc2ccccc2)C1.I. The van der Waals surface area contributed by atoms with E-state index in [0.717, 1.165) is 38.1 Å². The first-order valence-electron chi connectivity index (χ1n) is 9.40. The van der Waals surface area contributed by atoms with Gasteiger partial charge in [0.15, 0.2) is 23.4 Å². The lowest BCUT2D eigenvalue weighted by Gasteiger charge is -2.21. The number of halogens is 4. The van der Waals surface area contributed by atoms with Gasteiger partial charge in [-0.25, -0.2) is 13.2 Å². The number of benzene rings is 2. The summed E-state index contributed by atoms with van der Waals surface area (Å²) in [5.41, 5.74) is 0.880. The van der Waals surface area contributed by atoms with Crippen LogP contribution in [-0.2, 0) is 11.2 Å². The van der Waals surface area contributed by atoms with Crippen LogP contribution in [0.25, 0.3) is 0 Å². The van der Waals surface area contributed by atoms with Crippen LogP contribution in [0.1, 0.15) is 12.0 Å². The highest BCUT2D eigenvalue weighted by atomic mass is 127. The highest BCUT2D eigenvalue weighted by Gasteiger charge is 2.25. The fourth-order valence-electron chi connectivity index (χ4n) is 3.45. The Kier molecular flexibility index (Phi) is 8.94. The van der Waals surface area contributed by atoms with Crippen molar-refractivity contribution in [3.05, 3.63) is 65.5 Å². The Morgan fingerprint density at radius 1 is 1.13 bits per heavy atom. The largest absolute Gasteiger partial charge is 0.347 e. The Hall–Kier alpha value is -2.30. The topological polar surface area (TPSA) is 56.7 Å². The van der Waals surface area contributed by atoms with Crippen LogP contribution in [0.4, 0.5) is 18.9 Å². The first-order chi connectivity index (χ1) is 14.0. The summed E-state index contributed by atoms with van der Waals surface area (Å²) >= 11 is 0. The van der Waals surface area contributed by atoms with Gasteiger partial charge in [0.25, 0.3) is 0 Å². The van der Waals surface area contributed by atoms with E-state index in [2.05, 4.69) is 32.7 Å². The number of anilines is 1. The van der Waals surface area contributed by atoms with Crippen molar-refractivity contribution in [2.75, 3.05) is 32.0 Å². The van der Waals surface area contributed by atoms with E-state index in [0.29, 0.717) is 11.9 Å². The van der Waals surface area contributed by atoms with Crippen LogP contribution >= 0.6 is 24.0 Å². The van der Waals surface area contributed by atoms with Gasteiger partial charge in [0.2, 0.25) is 5.91 Å².